The molecule has 9 aromatic carbocycles. The molecule has 1 heterocycles. The zero-order valence-electron chi connectivity index (χ0n) is 23.3. The van der Waals surface area contributed by atoms with Crippen molar-refractivity contribution in [3.63, 3.8) is 0 Å². The Morgan fingerprint density at radius 1 is 0.302 bits per heavy atom. The lowest BCUT2D eigenvalue weighted by molar-refractivity contribution is 1.64. The first-order valence-corrected chi connectivity index (χ1v) is 15.7. The Kier molecular flexibility index (Phi) is 4.69. The van der Waals surface area contributed by atoms with Crippen molar-refractivity contribution >= 4 is 85.4 Å². The van der Waals surface area contributed by atoms with Crippen LogP contribution in [-0.4, -0.2) is 0 Å². The van der Waals surface area contributed by atoms with Gasteiger partial charge in [0.25, 0.3) is 0 Å². The van der Waals surface area contributed by atoms with Gasteiger partial charge in [0, 0.05) is 20.2 Å². The van der Waals surface area contributed by atoms with Gasteiger partial charge in [-0.05, 0) is 100 Å². The molecule has 0 saturated heterocycles. The molecule has 43 heavy (non-hydrogen) atoms. The quantitative estimate of drug-likeness (QED) is 0.146. The molecule has 0 fully saturated rings. The van der Waals surface area contributed by atoms with Crippen LogP contribution in [0.3, 0.4) is 0 Å². The van der Waals surface area contributed by atoms with Crippen LogP contribution in [0.4, 0.5) is 0 Å². The van der Waals surface area contributed by atoms with Crippen molar-refractivity contribution < 1.29 is 0 Å². The van der Waals surface area contributed by atoms with E-state index in [1.54, 1.807) is 0 Å². The third-order valence-corrected chi connectivity index (χ3v) is 10.6. The second-order valence-electron chi connectivity index (χ2n) is 11.6. The molecule has 0 spiro atoms. The fraction of sp³-hybridized carbons (Fsp3) is 0. The molecule has 1 aromatic heterocycles. The minimum atomic E-state index is 1.24. The van der Waals surface area contributed by atoms with Gasteiger partial charge in [-0.2, -0.15) is 0 Å². The molecule has 1 heteroatoms. The van der Waals surface area contributed by atoms with Gasteiger partial charge in [0.15, 0.2) is 0 Å². The summed E-state index contributed by atoms with van der Waals surface area (Å²) in [5, 5.41) is 16.0. The Labute approximate surface area is 252 Å². The van der Waals surface area contributed by atoms with Gasteiger partial charge in [-0.25, -0.2) is 0 Å². The van der Waals surface area contributed by atoms with E-state index < -0.39 is 0 Å². The Morgan fingerprint density at radius 2 is 0.791 bits per heavy atom. The van der Waals surface area contributed by atoms with Crippen LogP contribution in [0, 0.1) is 0 Å². The first-order valence-electron chi connectivity index (χ1n) is 14.9. The molecule has 0 radical (unpaired) electrons. The van der Waals surface area contributed by atoms with Crippen molar-refractivity contribution in [2.24, 2.45) is 0 Å². The van der Waals surface area contributed by atoms with Gasteiger partial charge in [-0.15, -0.1) is 11.3 Å². The van der Waals surface area contributed by atoms with Crippen LogP contribution in [-0.2, 0) is 0 Å². The average molecular weight is 561 g/mol. The summed E-state index contributed by atoms with van der Waals surface area (Å²) in [6.07, 6.45) is 0. The van der Waals surface area contributed by atoms with Crippen molar-refractivity contribution in [3.05, 3.63) is 146 Å². The maximum Gasteiger partial charge on any atom is 0.0433 e. The average Bonchev–Trinajstić information content (AvgIpc) is 3.47. The molecule has 10 rings (SSSR count). The summed E-state index contributed by atoms with van der Waals surface area (Å²) in [6, 6.07) is 54.2. The zero-order valence-corrected chi connectivity index (χ0v) is 24.1. The highest BCUT2D eigenvalue weighted by atomic mass is 32.1. The van der Waals surface area contributed by atoms with Gasteiger partial charge in [0.05, 0.1) is 0 Å². The van der Waals surface area contributed by atoms with E-state index >= 15 is 0 Å². The molecule has 0 aliphatic heterocycles. The minimum absolute atomic E-state index is 1.24. The van der Waals surface area contributed by atoms with Gasteiger partial charge in [-0.3, -0.25) is 0 Å². The molecule has 0 atom stereocenters. The van der Waals surface area contributed by atoms with Crippen LogP contribution in [0.1, 0.15) is 0 Å². The largest absolute Gasteiger partial charge is 0.135 e. The molecule has 0 amide bonds. The lowest BCUT2D eigenvalue weighted by Crippen LogP contribution is -1.91. The molecule has 0 aliphatic rings. The Hall–Kier alpha value is -5.24. The monoisotopic (exact) mass is 560 g/mol. The standard InChI is InChI=1S/C42H24S/c1-3-14-31-29(12-1)34-18-9-19-35-30-13-2-4-15-32(30)38-24-27(23-37(31)41(38)40(34)35)25-10-7-11-26(22-25)28-17-8-20-36-33-16-5-6-21-39(33)43-42(28)36/h1-24H. The summed E-state index contributed by atoms with van der Waals surface area (Å²) >= 11 is 1.89. The number of fused-ring (bicyclic) bond motifs is 9. The fourth-order valence-electron chi connectivity index (χ4n) is 7.52. The Balaban J connectivity index is 1.30. The van der Waals surface area contributed by atoms with Crippen LogP contribution >= 0.6 is 11.3 Å². The van der Waals surface area contributed by atoms with E-state index in [0.717, 1.165) is 0 Å². The predicted octanol–water partition coefficient (Wildman–Crippen LogP) is 12.6. The summed E-state index contributed by atoms with van der Waals surface area (Å²) in [7, 11) is 0. The van der Waals surface area contributed by atoms with Gasteiger partial charge < -0.3 is 0 Å². The SMILES string of the molecule is c1cc(-c2cc3c4ccccc4c4cccc5c6ccccc6c(c2)c3c45)cc(-c2cccc3c2sc2ccccc23)c1. The van der Waals surface area contributed by atoms with Crippen molar-refractivity contribution in [1.29, 1.82) is 0 Å². The van der Waals surface area contributed by atoms with E-state index in [0.29, 0.717) is 0 Å². The minimum Gasteiger partial charge on any atom is -0.135 e. The molecule has 10 aromatic rings. The number of hydrogen-bond acceptors (Lipinski definition) is 1. The molecule has 0 saturated carbocycles. The van der Waals surface area contributed by atoms with Crippen molar-refractivity contribution in [2.75, 3.05) is 0 Å². The van der Waals surface area contributed by atoms with E-state index in [1.165, 1.54) is 96.3 Å². The lowest BCUT2D eigenvalue weighted by atomic mass is 9.84. The number of rotatable bonds is 2. The van der Waals surface area contributed by atoms with E-state index in [9.17, 15) is 0 Å². The van der Waals surface area contributed by atoms with Crippen molar-refractivity contribution in [1.82, 2.24) is 0 Å². The smallest absolute Gasteiger partial charge is 0.0433 e. The van der Waals surface area contributed by atoms with Crippen LogP contribution in [0.2, 0.25) is 0 Å². The zero-order chi connectivity index (χ0) is 28.1. The summed E-state index contributed by atoms with van der Waals surface area (Å²) in [4.78, 5) is 0. The normalized spacial score (nSPS) is 12.2. The predicted molar refractivity (Wildman–Crippen MR) is 189 cm³/mol. The summed E-state index contributed by atoms with van der Waals surface area (Å²) < 4.78 is 2.69. The number of benzene rings is 9. The third kappa shape index (κ3) is 3.20. The number of hydrogen-bond donors (Lipinski definition) is 0. The van der Waals surface area contributed by atoms with Crippen LogP contribution in [0.5, 0.6) is 0 Å². The number of thiophene rings is 1. The molecule has 0 N–H and O–H groups in total. The first-order chi connectivity index (χ1) is 21.3. The molecule has 0 nitrogen and oxygen atoms in total. The Bertz CT molecular complexity index is 2620. The van der Waals surface area contributed by atoms with Gasteiger partial charge in [0.2, 0.25) is 0 Å². The highest BCUT2D eigenvalue weighted by Gasteiger charge is 2.18. The highest BCUT2D eigenvalue weighted by molar-refractivity contribution is 7.26. The van der Waals surface area contributed by atoms with Gasteiger partial charge >= 0.3 is 0 Å². The van der Waals surface area contributed by atoms with Crippen LogP contribution in [0.25, 0.3) is 96.3 Å². The second kappa shape index (κ2) is 8.64. The highest BCUT2D eigenvalue weighted by Crippen LogP contribution is 2.47. The van der Waals surface area contributed by atoms with Crippen LogP contribution in [0.15, 0.2) is 146 Å². The van der Waals surface area contributed by atoms with E-state index in [1.807, 2.05) is 11.3 Å². The van der Waals surface area contributed by atoms with E-state index in [-0.39, 0.29) is 0 Å². The Morgan fingerprint density at radius 3 is 1.49 bits per heavy atom. The maximum atomic E-state index is 2.43. The molecule has 0 bridgehead atoms. The van der Waals surface area contributed by atoms with Gasteiger partial charge in [-0.1, -0.05) is 121 Å². The van der Waals surface area contributed by atoms with Crippen molar-refractivity contribution in [3.8, 4) is 22.3 Å². The second-order valence-corrected chi connectivity index (χ2v) is 12.7. The molecule has 0 unspecified atom stereocenters. The van der Waals surface area contributed by atoms with Gasteiger partial charge in [0.1, 0.15) is 0 Å². The fourth-order valence-corrected chi connectivity index (χ4v) is 8.76. The molecule has 198 valence electrons. The molecular weight excluding hydrogens is 537 g/mol. The molecule has 0 aliphatic carbocycles. The van der Waals surface area contributed by atoms with E-state index in [4.69, 9.17) is 0 Å². The first kappa shape index (κ1) is 23.3. The van der Waals surface area contributed by atoms with Crippen molar-refractivity contribution in [2.45, 2.75) is 0 Å². The molecular formula is C42H24S. The summed E-state index contributed by atoms with van der Waals surface area (Å²) in [5.41, 5.74) is 5.06. The summed E-state index contributed by atoms with van der Waals surface area (Å²) in [5.74, 6) is 0. The van der Waals surface area contributed by atoms with Crippen LogP contribution < -0.4 is 0 Å². The summed E-state index contributed by atoms with van der Waals surface area (Å²) in [6.45, 7) is 0. The third-order valence-electron chi connectivity index (χ3n) is 9.38. The lowest BCUT2D eigenvalue weighted by Gasteiger charge is -2.19. The topological polar surface area (TPSA) is 0 Å². The maximum absolute atomic E-state index is 2.43. The van der Waals surface area contributed by atoms with E-state index in [2.05, 4.69) is 146 Å².